The highest BCUT2D eigenvalue weighted by Crippen LogP contribution is 2.33. The number of hydrogen-bond donors (Lipinski definition) is 1. The third kappa shape index (κ3) is 6.53. The summed E-state index contributed by atoms with van der Waals surface area (Å²) >= 11 is 0. The average Bonchev–Trinajstić information content (AvgIpc) is 3.42. The Balaban J connectivity index is 1.32. The van der Waals surface area contributed by atoms with Gasteiger partial charge in [0, 0.05) is 29.6 Å². The molecule has 5 rings (SSSR count). The predicted octanol–water partition coefficient (Wildman–Crippen LogP) is 5.32. The minimum Gasteiger partial charge on any atom is -0.494 e. The number of sulfonamides is 1. The number of benzene rings is 3. The molecular weight excluding hydrogens is 584 g/mol. The first kappa shape index (κ1) is 31.0. The number of ether oxygens (including phenoxy) is 2. The number of Topliss-reactive ketones (excluding diaryl/α,β-unsaturated/α-hetero) is 1. The van der Waals surface area contributed by atoms with Gasteiger partial charge in [-0.25, -0.2) is 8.42 Å². The number of rotatable bonds is 12. The van der Waals surface area contributed by atoms with Crippen molar-refractivity contribution in [1.29, 1.82) is 0 Å². The molecular formula is C33H34N2O8S. The van der Waals surface area contributed by atoms with Gasteiger partial charge < -0.3 is 19.2 Å². The fourth-order valence-electron chi connectivity index (χ4n) is 5.22. The van der Waals surface area contributed by atoms with E-state index < -0.39 is 10.0 Å². The number of piperidine rings is 1. The molecule has 0 aliphatic carbocycles. The number of ketones is 2. The van der Waals surface area contributed by atoms with Crippen LogP contribution in [0.5, 0.6) is 5.75 Å². The van der Waals surface area contributed by atoms with E-state index in [2.05, 4.69) is 5.32 Å². The molecule has 0 saturated carbocycles. The molecule has 0 atom stereocenters. The zero-order valence-electron chi connectivity index (χ0n) is 24.6. The number of fused-ring (bicyclic) bond motifs is 1. The lowest BCUT2D eigenvalue weighted by Gasteiger charge is -2.30. The van der Waals surface area contributed by atoms with Crippen molar-refractivity contribution in [3.8, 4) is 5.75 Å². The summed E-state index contributed by atoms with van der Waals surface area (Å²) in [6, 6.07) is 19.7. The Morgan fingerprint density at radius 3 is 2.34 bits per heavy atom. The van der Waals surface area contributed by atoms with Gasteiger partial charge in [-0.05, 0) is 75.2 Å². The summed E-state index contributed by atoms with van der Waals surface area (Å²) in [4.78, 5) is 38.8. The van der Waals surface area contributed by atoms with Gasteiger partial charge in [0.1, 0.15) is 11.3 Å². The van der Waals surface area contributed by atoms with Crippen LogP contribution >= 0.6 is 0 Å². The Hall–Kier alpha value is -4.48. The number of carbonyl (C=O) groups excluding carboxylic acids is 3. The molecule has 0 bridgehead atoms. The van der Waals surface area contributed by atoms with Crippen molar-refractivity contribution in [3.63, 3.8) is 0 Å². The molecule has 0 amide bonds. The lowest BCUT2D eigenvalue weighted by Crippen LogP contribution is -2.40. The van der Waals surface area contributed by atoms with Crippen molar-refractivity contribution in [2.45, 2.75) is 31.6 Å². The predicted molar refractivity (Wildman–Crippen MR) is 165 cm³/mol. The van der Waals surface area contributed by atoms with Crippen molar-refractivity contribution in [1.82, 2.24) is 4.31 Å². The number of nitrogens with one attached hydrogen (secondary N) is 1. The first-order valence-electron chi connectivity index (χ1n) is 14.6. The number of furan rings is 1. The molecule has 44 heavy (non-hydrogen) atoms. The third-order valence-corrected chi connectivity index (χ3v) is 9.42. The van der Waals surface area contributed by atoms with Crippen molar-refractivity contribution >= 4 is 44.2 Å². The van der Waals surface area contributed by atoms with Gasteiger partial charge in [-0.2, -0.15) is 4.31 Å². The highest BCUT2D eigenvalue weighted by Gasteiger charge is 2.33. The molecule has 0 unspecified atom stereocenters. The molecule has 1 N–H and O–H groups in total. The van der Waals surface area contributed by atoms with Gasteiger partial charge in [0.15, 0.2) is 11.5 Å². The van der Waals surface area contributed by atoms with Crippen LogP contribution in [0, 0.1) is 5.92 Å². The fraction of sp³-hybridized carbons (Fsp3) is 0.303. The first-order chi connectivity index (χ1) is 21.2. The Bertz CT molecular complexity index is 1770. The van der Waals surface area contributed by atoms with Crippen LogP contribution in [0.25, 0.3) is 11.0 Å². The number of anilines is 1. The molecule has 2 heterocycles. The molecule has 11 heteroatoms. The van der Waals surface area contributed by atoms with Crippen LogP contribution in [0.4, 0.5) is 5.69 Å². The largest absolute Gasteiger partial charge is 0.494 e. The fourth-order valence-corrected chi connectivity index (χ4v) is 6.74. The summed E-state index contributed by atoms with van der Waals surface area (Å²) in [5, 5.41) is 3.71. The normalized spacial score (nSPS) is 14.3. The van der Waals surface area contributed by atoms with Crippen LogP contribution in [0.1, 0.15) is 53.2 Å². The smallest absolute Gasteiger partial charge is 0.309 e. The van der Waals surface area contributed by atoms with E-state index in [1.807, 2.05) is 6.92 Å². The molecule has 1 aromatic heterocycles. The second-order valence-electron chi connectivity index (χ2n) is 10.3. The molecule has 0 spiro atoms. The van der Waals surface area contributed by atoms with Crippen molar-refractivity contribution in [2.75, 3.05) is 38.2 Å². The van der Waals surface area contributed by atoms with E-state index >= 15 is 0 Å². The molecule has 1 fully saturated rings. The summed E-state index contributed by atoms with van der Waals surface area (Å²) in [6.45, 7) is 4.56. The maximum atomic E-state index is 13.5. The van der Waals surface area contributed by atoms with Crippen LogP contribution in [0.3, 0.4) is 0 Å². The number of para-hydroxylation sites is 1. The van der Waals surface area contributed by atoms with Gasteiger partial charge in [0.25, 0.3) is 0 Å². The van der Waals surface area contributed by atoms with Crippen LogP contribution in [0.2, 0.25) is 0 Å². The Morgan fingerprint density at radius 2 is 1.64 bits per heavy atom. The molecule has 4 aromatic rings. The minimum atomic E-state index is -3.88. The van der Waals surface area contributed by atoms with E-state index in [9.17, 15) is 22.8 Å². The van der Waals surface area contributed by atoms with Gasteiger partial charge in [-0.3, -0.25) is 14.4 Å². The van der Waals surface area contributed by atoms with Crippen LogP contribution < -0.4 is 10.1 Å². The molecule has 230 valence electrons. The minimum absolute atomic E-state index is 0.00179. The quantitative estimate of drug-likeness (QED) is 0.165. The van der Waals surface area contributed by atoms with Gasteiger partial charge in [0.2, 0.25) is 15.8 Å². The zero-order valence-corrected chi connectivity index (χ0v) is 25.4. The maximum Gasteiger partial charge on any atom is 0.309 e. The number of hydrogen-bond acceptors (Lipinski definition) is 9. The van der Waals surface area contributed by atoms with E-state index in [0.29, 0.717) is 47.4 Å². The highest BCUT2D eigenvalue weighted by atomic mass is 32.2. The SMILES string of the molecule is CCOC(=O)C1CCN(S(=O)(=O)c2cccc(C(=O)CNc3c(C(=O)c4ccc(OCC)cc4)oc4ccccc34)c2)CC1. The van der Waals surface area contributed by atoms with E-state index in [-0.39, 0.29) is 65.9 Å². The van der Waals surface area contributed by atoms with E-state index in [0.717, 1.165) is 0 Å². The molecule has 1 aliphatic rings. The van der Waals surface area contributed by atoms with Gasteiger partial charge in [0.05, 0.1) is 36.3 Å². The number of carbonyl (C=O) groups is 3. The van der Waals surface area contributed by atoms with Crippen LogP contribution in [-0.2, 0) is 19.6 Å². The zero-order chi connectivity index (χ0) is 31.3. The van der Waals surface area contributed by atoms with Crippen LogP contribution in [-0.4, -0.2) is 63.1 Å². The third-order valence-electron chi connectivity index (χ3n) is 7.52. The summed E-state index contributed by atoms with van der Waals surface area (Å²) < 4.78 is 44.6. The summed E-state index contributed by atoms with van der Waals surface area (Å²) in [5.41, 5.74) is 1.45. The summed E-state index contributed by atoms with van der Waals surface area (Å²) in [7, 11) is -3.88. The molecule has 3 aromatic carbocycles. The topological polar surface area (TPSA) is 132 Å². The first-order valence-corrected chi connectivity index (χ1v) is 16.0. The van der Waals surface area contributed by atoms with Gasteiger partial charge in [-0.15, -0.1) is 0 Å². The Morgan fingerprint density at radius 1 is 0.909 bits per heavy atom. The Labute approximate surface area is 256 Å². The monoisotopic (exact) mass is 618 g/mol. The Kier molecular flexibility index (Phi) is 9.46. The van der Waals surface area contributed by atoms with Crippen molar-refractivity contribution in [3.05, 3.63) is 89.7 Å². The maximum absolute atomic E-state index is 13.5. The standard InChI is InChI=1S/C33H34N2O8S/c1-3-41-25-14-12-22(13-15-25)31(37)32-30(27-10-5-6-11-29(27)43-32)34-21-28(36)24-8-7-9-26(20-24)44(39,40)35-18-16-23(17-19-35)33(38)42-4-2/h5-15,20,23,34H,3-4,16-19,21H2,1-2H3. The summed E-state index contributed by atoms with van der Waals surface area (Å²) in [6.07, 6.45) is 0.744. The van der Waals surface area contributed by atoms with Crippen molar-refractivity contribution in [2.24, 2.45) is 5.92 Å². The second kappa shape index (κ2) is 13.4. The molecule has 0 radical (unpaired) electrons. The average molecular weight is 619 g/mol. The second-order valence-corrected chi connectivity index (χ2v) is 12.3. The number of nitrogens with zero attached hydrogens (tertiary/aromatic N) is 1. The van der Waals surface area contributed by atoms with Crippen molar-refractivity contribution < 1.29 is 36.7 Å². The summed E-state index contributed by atoms with van der Waals surface area (Å²) in [5.74, 6) is -0.662. The highest BCUT2D eigenvalue weighted by molar-refractivity contribution is 7.89. The van der Waals surface area contributed by atoms with E-state index in [1.54, 1.807) is 61.5 Å². The lowest BCUT2D eigenvalue weighted by atomic mass is 9.98. The molecule has 10 nitrogen and oxygen atoms in total. The molecule has 1 aliphatic heterocycles. The van der Waals surface area contributed by atoms with Gasteiger partial charge >= 0.3 is 5.97 Å². The van der Waals surface area contributed by atoms with Crippen LogP contribution in [0.15, 0.2) is 82.1 Å². The number of esters is 1. The van der Waals surface area contributed by atoms with E-state index in [4.69, 9.17) is 13.9 Å². The molecule has 1 saturated heterocycles. The van der Waals surface area contributed by atoms with Gasteiger partial charge in [-0.1, -0.05) is 24.3 Å². The van der Waals surface area contributed by atoms with E-state index in [1.165, 1.54) is 22.5 Å². The lowest BCUT2D eigenvalue weighted by molar-refractivity contribution is -0.149.